The van der Waals surface area contributed by atoms with Crippen LogP contribution in [0.5, 0.6) is 11.5 Å². The van der Waals surface area contributed by atoms with E-state index in [0.717, 1.165) is 0 Å². The van der Waals surface area contributed by atoms with Gasteiger partial charge in [-0.15, -0.1) is 6.58 Å². The van der Waals surface area contributed by atoms with Crippen LogP contribution < -0.4 is 20.1 Å². The highest BCUT2D eigenvalue weighted by molar-refractivity contribution is 6.06. The Bertz CT molecular complexity index is 787. The van der Waals surface area contributed by atoms with E-state index in [1.807, 2.05) is 0 Å². The summed E-state index contributed by atoms with van der Waals surface area (Å²) < 4.78 is 10.4. The van der Waals surface area contributed by atoms with Gasteiger partial charge in [0.05, 0.1) is 14.2 Å². The second-order valence-corrected chi connectivity index (χ2v) is 5.10. The molecular formula is C19H20N2O4. The molecule has 2 rings (SSSR count). The maximum atomic E-state index is 12.4. The van der Waals surface area contributed by atoms with Crippen molar-refractivity contribution in [2.45, 2.75) is 0 Å². The van der Waals surface area contributed by atoms with E-state index in [-0.39, 0.29) is 11.8 Å². The molecule has 0 aliphatic heterocycles. The minimum absolute atomic E-state index is 0.263. The van der Waals surface area contributed by atoms with Gasteiger partial charge in [0.2, 0.25) is 0 Å². The van der Waals surface area contributed by atoms with Crippen LogP contribution in [-0.4, -0.2) is 32.6 Å². The summed E-state index contributed by atoms with van der Waals surface area (Å²) in [5.41, 5.74) is 1.34. The summed E-state index contributed by atoms with van der Waals surface area (Å²) in [6, 6.07) is 11.6. The molecule has 2 aromatic carbocycles. The lowest BCUT2D eigenvalue weighted by molar-refractivity contribution is 0.0958. The smallest absolute Gasteiger partial charge is 0.255 e. The van der Waals surface area contributed by atoms with Crippen LogP contribution >= 0.6 is 0 Å². The van der Waals surface area contributed by atoms with Gasteiger partial charge in [0.15, 0.2) is 11.5 Å². The van der Waals surface area contributed by atoms with Crippen molar-refractivity contribution in [1.29, 1.82) is 0 Å². The van der Waals surface area contributed by atoms with Crippen molar-refractivity contribution in [3.8, 4) is 11.5 Å². The van der Waals surface area contributed by atoms with E-state index in [1.54, 1.807) is 49.6 Å². The van der Waals surface area contributed by atoms with Gasteiger partial charge < -0.3 is 20.1 Å². The molecule has 0 aliphatic carbocycles. The van der Waals surface area contributed by atoms with Gasteiger partial charge in [-0.3, -0.25) is 9.59 Å². The van der Waals surface area contributed by atoms with Gasteiger partial charge in [0, 0.05) is 29.4 Å². The van der Waals surface area contributed by atoms with Gasteiger partial charge in [-0.2, -0.15) is 0 Å². The first kappa shape index (κ1) is 18.1. The first-order valence-corrected chi connectivity index (χ1v) is 7.61. The summed E-state index contributed by atoms with van der Waals surface area (Å²) in [6.45, 7) is 3.91. The third kappa shape index (κ3) is 4.60. The summed E-state index contributed by atoms with van der Waals surface area (Å²) in [4.78, 5) is 24.4. The predicted octanol–water partition coefficient (Wildman–Crippen LogP) is 2.87. The molecule has 130 valence electrons. The average molecular weight is 340 g/mol. The molecule has 6 nitrogen and oxygen atoms in total. The highest BCUT2D eigenvalue weighted by Gasteiger charge is 2.12. The number of amides is 2. The van der Waals surface area contributed by atoms with E-state index in [0.29, 0.717) is 34.9 Å². The molecule has 0 saturated carbocycles. The molecule has 0 atom stereocenters. The van der Waals surface area contributed by atoms with E-state index >= 15 is 0 Å². The van der Waals surface area contributed by atoms with Crippen molar-refractivity contribution < 1.29 is 19.1 Å². The molecule has 0 radical (unpaired) electrons. The summed E-state index contributed by atoms with van der Waals surface area (Å²) in [5.74, 6) is 0.491. The van der Waals surface area contributed by atoms with Gasteiger partial charge >= 0.3 is 0 Å². The van der Waals surface area contributed by atoms with E-state index in [2.05, 4.69) is 17.2 Å². The number of ether oxygens (including phenoxy) is 2. The average Bonchev–Trinajstić information content (AvgIpc) is 2.65. The fraction of sp³-hybridized carbons (Fsp3) is 0.158. The van der Waals surface area contributed by atoms with Gasteiger partial charge in [0.25, 0.3) is 11.8 Å². The zero-order valence-electron chi connectivity index (χ0n) is 14.2. The van der Waals surface area contributed by atoms with E-state index in [1.165, 1.54) is 13.2 Å². The molecule has 0 saturated heterocycles. The maximum Gasteiger partial charge on any atom is 0.255 e. The summed E-state index contributed by atoms with van der Waals surface area (Å²) in [7, 11) is 3.06. The Morgan fingerprint density at radius 1 is 1.00 bits per heavy atom. The number of anilines is 1. The van der Waals surface area contributed by atoms with Crippen LogP contribution in [0.1, 0.15) is 20.7 Å². The number of carbonyl (C=O) groups excluding carboxylic acids is 2. The second-order valence-electron chi connectivity index (χ2n) is 5.10. The van der Waals surface area contributed by atoms with Crippen molar-refractivity contribution in [2.75, 3.05) is 26.1 Å². The lowest BCUT2D eigenvalue weighted by atomic mass is 10.1. The Morgan fingerprint density at radius 2 is 1.68 bits per heavy atom. The fourth-order valence-corrected chi connectivity index (χ4v) is 2.19. The number of methoxy groups -OCH3 is 2. The third-order valence-electron chi connectivity index (χ3n) is 3.44. The molecule has 0 aliphatic rings. The highest BCUT2D eigenvalue weighted by atomic mass is 16.5. The van der Waals surface area contributed by atoms with Crippen LogP contribution in [0.3, 0.4) is 0 Å². The van der Waals surface area contributed by atoms with Gasteiger partial charge in [-0.1, -0.05) is 12.1 Å². The molecule has 0 spiro atoms. The lowest BCUT2D eigenvalue weighted by Crippen LogP contribution is -2.23. The minimum atomic E-state index is -0.328. The number of benzene rings is 2. The predicted molar refractivity (Wildman–Crippen MR) is 96.5 cm³/mol. The normalized spacial score (nSPS) is 9.84. The first-order valence-electron chi connectivity index (χ1n) is 7.61. The lowest BCUT2D eigenvalue weighted by Gasteiger charge is -2.11. The number of rotatable bonds is 7. The molecule has 0 fully saturated rings. The molecule has 2 N–H and O–H groups in total. The summed E-state index contributed by atoms with van der Waals surface area (Å²) in [5, 5.41) is 5.44. The van der Waals surface area contributed by atoms with Crippen molar-refractivity contribution in [3.05, 3.63) is 66.2 Å². The summed E-state index contributed by atoms with van der Waals surface area (Å²) in [6.07, 6.45) is 1.59. The molecule has 0 bridgehead atoms. The van der Waals surface area contributed by atoms with Crippen LogP contribution in [0.4, 0.5) is 5.69 Å². The summed E-state index contributed by atoms with van der Waals surface area (Å²) >= 11 is 0. The Labute approximate surface area is 146 Å². The van der Waals surface area contributed by atoms with Gasteiger partial charge in [-0.05, 0) is 30.3 Å². The maximum absolute atomic E-state index is 12.4. The second kappa shape index (κ2) is 8.54. The molecule has 2 amide bonds. The molecule has 25 heavy (non-hydrogen) atoms. The number of carbonyl (C=O) groups is 2. The zero-order valence-corrected chi connectivity index (χ0v) is 14.2. The number of hydrogen-bond acceptors (Lipinski definition) is 4. The Hall–Kier alpha value is -3.28. The van der Waals surface area contributed by atoms with Crippen molar-refractivity contribution in [3.63, 3.8) is 0 Å². The molecule has 0 aromatic heterocycles. The third-order valence-corrected chi connectivity index (χ3v) is 3.44. The molecular weight excluding hydrogens is 320 g/mol. The number of nitrogens with one attached hydrogen (secondary N) is 2. The van der Waals surface area contributed by atoms with Gasteiger partial charge in [0.1, 0.15) is 0 Å². The molecule has 2 aromatic rings. The van der Waals surface area contributed by atoms with Crippen molar-refractivity contribution in [2.24, 2.45) is 0 Å². The Morgan fingerprint density at radius 3 is 2.32 bits per heavy atom. The standard InChI is InChI=1S/C19H20N2O4/c1-4-10-20-18(22)13-6-5-7-14(11-13)19(23)21-15-8-9-16(24-2)17(12-15)25-3/h4-9,11-12H,1,10H2,2-3H3,(H,20,22)(H,21,23). The van der Waals surface area contributed by atoms with Crippen LogP contribution in [0.15, 0.2) is 55.1 Å². The Balaban J connectivity index is 2.15. The molecule has 0 unspecified atom stereocenters. The molecule has 6 heteroatoms. The van der Waals surface area contributed by atoms with Crippen LogP contribution in [0.2, 0.25) is 0 Å². The first-order chi connectivity index (χ1) is 12.1. The minimum Gasteiger partial charge on any atom is -0.493 e. The number of hydrogen-bond donors (Lipinski definition) is 2. The van der Waals surface area contributed by atoms with E-state index in [4.69, 9.17) is 9.47 Å². The quantitative estimate of drug-likeness (QED) is 0.760. The van der Waals surface area contributed by atoms with E-state index in [9.17, 15) is 9.59 Å². The van der Waals surface area contributed by atoms with E-state index < -0.39 is 0 Å². The SMILES string of the molecule is C=CCNC(=O)c1cccc(C(=O)Nc2ccc(OC)c(OC)c2)c1. The Kier molecular flexibility index (Phi) is 6.17. The fourth-order valence-electron chi connectivity index (χ4n) is 2.19. The topological polar surface area (TPSA) is 76.7 Å². The highest BCUT2D eigenvalue weighted by Crippen LogP contribution is 2.29. The largest absolute Gasteiger partial charge is 0.493 e. The monoisotopic (exact) mass is 340 g/mol. The van der Waals surface area contributed by atoms with Gasteiger partial charge in [-0.25, -0.2) is 0 Å². The zero-order chi connectivity index (χ0) is 18.2. The van der Waals surface area contributed by atoms with Crippen molar-refractivity contribution >= 4 is 17.5 Å². The van der Waals surface area contributed by atoms with Crippen LogP contribution in [-0.2, 0) is 0 Å². The van der Waals surface area contributed by atoms with Crippen LogP contribution in [0, 0.1) is 0 Å². The van der Waals surface area contributed by atoms with Crippen LogP contribution in [0.25, 0.3) is 0 Å². The molecule has 0 heterocycles. The van der Waals surface area contributed by atoms with Crippen molar-refractivity contribution in [1.82, 2.24) is 5.32 Å².